The second-order valence-electron chi connectivity index (χ2n) is 19.3. The molecule has 3 amide bonds. The van der Waals surface area contributed by atoms with Gasteiger partial charge in [-0.05, 0) is 68.4 Å². The summed E-state index contributed by atoms with van der Waals surface area (Å²) in [5, 5.41) is 16.7. The zero-order chi connectivity index (χ0) is 50.3. The number of benzene rings is 2. The molecule has 3 aromatic rings. The number of esters is 1. The van der Waals surface area contributed by atoms with Crippen LogP contribution < -0.4 is 16.0 Å². The molecule has 17 heteroatoms. The third kappa shape index (κ3) is 20.5. The van der Waals surface area contributed by atoms with Crippen molar-refractivity contribution in [1.29, 1.82) is 0 Å². The Morgan fingerprint density at radius 3 is 2.01 bits per heavy atom. The van der Waals surface area contributed by atoms with Crippen LogP contribution in [0.4, 0.5) is 0 Å². The van der Waals surface area contributed by atoms with Gasteiger partial charge < -0.3 is 25.4 Å². The van der Waals surface area contributed by atoms with Gasteiger partial charge in [0.1, 0.15) is 5.78 Å². The van der Waals surface area contributed by atoms with Crippen molar-refractivity contribution in [3.8, 4) is 0 Å². The number of hydrogen-bond acceptors (Lipinski definition) is 12. The molecule has 2 aromatic carbocycles. The third-order valence-corrected chi connectivity index (χ3v) is 13.6. The van der Waals surface area contributed by atoms with Crippen LogP contribution in [0, 0.1) is 23.7 Å². The minimum absolute atomic E-state index is 0.00693. The van der Waals surface area contributed by atoms with Gasteiger partial charge >= 0.3 is 5.97 Å². The number of ether oxygens (including phenoxy) is 2. The molecule has 69 heavy (non-hydrogen) atoms. The number of amides is 3. The molecular weight excluding hydrogens is 994 g/mol. The summed E-state index contributed by atoms with van der Waals surface area (Å²) >= 11 is 2.00. The topological polar surface area (TPSA) is 208 Å². The molecule has 0 bridgehead atoms. The number of hydrogen-bond donors (Lipinski definition) is 3. The van der Waals surface area contributed by atoms with Crippen LogP contribution >= 0.6 is 22.6 Å². The van der Waals surface area contributed by atoms with E-state index in [-0.39, 0.29) is 91.3 Å². The van der Waals surface area contributed by atoms with Crippen LogP contribution in [0.25, 0.3) is 0 Å². The molecule has 1 fully saturated rings. The van der Waals surface area contributed by atoms with Gasteiger partial charge in [-0.2, -0.15) is 0 Å². The van der Waals surface area contributed by atoms with E-state index in [2.05, 4.69) is 26.3 Å². The summed E-state index contributed by atoms with van der Waals surface area (Å²) in [6.45, 7) is 12.2. The maximum absolute atomic E-state index is 14.6. The summed E-state index contributed by atoms with van der Waals surface area (Å²) in [7, 11) is 1.75. The average molecular weight is 1070 g/mol. The number of nitrogens with one attached hydrogen (secondary N) is 3. The molecule has 3 N–H and O–H groups in total. The van der Waals surface area contributed by atoms with Gasteiger partial charge in [-0.25, -0.2) is 0 Å². The predicted molar refractivity (Wildman–Crippen MR) is 271 cm³/mol. The van der Waals surface area contributed by atoms with Crippen LogP contribution in [0.2, 0.25) is 0 Å². The lowest BCUT2D eigenvalue weighted by atomic mass is 9.87. The Morgan fingerprint density at radius 2 is 1.41 bits per heavy atom. The zero-order valence-corrected chi connectivity index (χ0v) is 43.5. The number of rotatable bonds is 31. The molecule has 4 rings (SSSR count). The first-order valence-corrected chi connectivity index (χ1v) is 25.9. The first-order chi connectivity index (χ1) is 32.9. The van der Waals surface area contributed by atoms with Gasteiger partial charge in [0.05, 0.1) is 37.5 Å². The summed E-state index contributed by atoms with van der Waals surface area (Å²) in [6, 6.07) is 17.1. The summed E-state index contributed by atoms with van der Waals surface area (Å²) < 4.78 is 13.0. The van der Waals surface area contributed by atoms with Gasteiger partial charge in [-0.3, -0.25) is 43.1 Å². The fourth-order valence-corrected chi connectivity index (χ4v) is 8.87. The summed E-state index contributed by atoms with van der Waals surface area (Å²) in [5.74, 6) is -4.16. The molecule has 2 heterocycles. The van der Waals surface area contributed by atoms with Crippen LogP contribution in [0.5, 0.6) is 0 Å². The van der Waals surface area contributed by atoms with E-state index in [0.717, 1.165) is 11.1 Å². The van der Waals surface area contributed by atoms with E-state index in [0.29, 0.717) is 64.1 Å². The van der Waals surface area contributed by atoms with E-state index >= 15 is 0 Å². The van der Waals surface area contributed by atoms with Crippen LogP contribution in [-0.2, 0) is 69.3 Å². The number of morpholine rings is 1. The van der Waals surface area contributed by atoms with E-state index in [1.54, 1.807) is 24.9 Å². The minimum atomic E-state index is -1.58. The van der Waals surface area contributed by atoms with Crippen molar-refractivity contribution < 1.29 is 43.0 Å². The second kappa shape index (κ2) is 29.3. The number of aromatic nitrogens is 3. The first-order valence-electron chi connectivity index (χ1n) is 24.4. The lowest BCUT2D eigenvalue weighted by Gasteiger charge is -2.32. The van der Waals surface area contributed by atoms with Crippen molar-refractivity contribution in [2.45, 2.75) is 123 Å². The SMILES string of the molecule is CC(C)C[C@H](NC(=O)[C@H](CCc1ccccc1)CC(=O)CN1CCOCC1)C(=O)C[C@@H](Cc1ccccc1)C(=O)N[C@@H](CC(C)C)C(=O)[C@@](C)(CI)OC(=O)CCCNC(=O)CCc1cn(C)nn1. The van der Waals surface area contributed by atoms with Gasteiger partial charge in [0, 0.05) is 81.2 Å². The van der Waals surface area contributed by atoms with Crippen LogP contribution in [0.1, 0.15) is 103 Å². The molecule has 0 spiro atoms. The Kier molecular flexibility index (Phi) is 24.1. The molecule has 16 nitrogen and oxygen atoms in total. The highest BCUT2D eigenvalue weighted by Gasteiger charge is 2.42. The second-order valence-corrected chi connectivity index (χ2v) is 20.1. The molecule has 1 aliphatic heterocycles. The summed E-state index contributed by atoms with van der Waals surface area (Å²) in [5.41, 5.74) is 0.973. The van der Waals surface area contributed by atoms with Crippen LogP contribution in [-0.4, -0.2) is 122 Å². The van der Waals surface area contributed by atoms with Crippen molar-refractivity contribution in [2.24, 2.45) is 30.7 Å². The Bertz CT molecular complexity index is 2110. The van der Waals surface area contributed by atoms with Gasteiger partial charge in [-0.15, -0.1) is 5.10 Å². The number of nitrogens with zero attached hydrogens (tertiary/aromatic N) is 4. The Balaban J connectivity index is 1.46. The standard InChI is InChI=1S/C52H74IN7O9/c1-36(2)28-44(55-50(66)40(20-19-38-14-9-7-10-15-38)31-43(61)34-60-24-26-68-27-25-60)46(62)32-41(30-39-16-11-8-12-17-39)51(67)56-45(29-37(3)4)49(65)52(5,35-53)69-48(64)18-13-23-54-47(63)22-21-42-33-59(6)58-57-42/h7-12,14-17,33,36-37,40-41,44-45H,13,18-32,34-35H2,1-6H3,(H,54,63)(H,55,66)(H,56,67)/t40-,41-,44+,45+,52-/m1/s1. The predicted octanol–water partition coefficient (Wildman–Crippen LogP) is 5.37. The van der Waals surface area contributed by atoms with E-state index in [1.165, 1.54) is 0 Å². The number of carbonyl (C=O) groups excluding carboxylic acids is 7. The lowest BCUT2D eigenvalue weighted by molar-refractivity contribution is -0.164. The van der Waals surface area contributed by atoms with E-state index < -0.39 is 47.2 Å². The monoisotopic (exact) mass is 1070 g/mol. The lowest BCUT2D eigenvalue weighted by Crippen LogP contribution is -2.55. The largest absolute Gasteiger partial charge is 0.450 e. The van der Waals surface area contributed by atoms with Gasteiger partial charge in [0.15, 0.2) is 17.2 Å². The molecule has 0 unspecified atom stereocenters. The fourth-order valence-electron chi connectivity index (χ4n) is 8.34. The molecule has 378 valence electrons. The molecule has 0 saturated carbocycles. The van der Waals surface area contributed by atoms with Crippen molar-refractivity contribution in [3.63, 3.8) is 0 Å². The molecule has 0 aliphatic carbocycles. The summed E-state index contributed by atoms with van der Waals surface area (Å²) in [6.07, 6.45) is 4.20. The van der Waals surface area contributed by atoms with Gasteiger partial charge in [0.2, 0.25) is 17.7 Å². The van der Waals surface area contributed by atoms with Crippen LogP contribution in [0.3, 0.4) is 0 Å². The average Bonchev–Trinajstić information content (AvgIpc) is 3.75. The Labute approximate surface area is 421 Å². The normalized spacial score (nSPS) is 15.6. The third-order valence-electron chi connectivity index (χ3n) is 12.1. The van der Waals surface area contributed by atoms with E-state index in [9.17, 15) is 33.6 Å². The van der Waals surface area contributed by atoms with Crippen molar-refractivity contribution in [3.05, 3.63) is 83.7 Å². The molecule has 1 aliphatic rings. The number of carbonyl (C=O) groups is 7. The van der Waals surface area contributed by atoms with Gasteiger partial charge in [-0.1, -0.05) is 116 Å². The Morgan fingerprint density at radius 1 is 0.797 bits per heavy atom. The highest BCUT2D eigenvalue weighted by molar-refractivity contribution is 14.1. The zero-order valence-electron chi connectivity index (χ0n) is 41.4. The van der Waals surface area contributed by atoms with Crippen molar-refractivity contribution in [1.82, 2.24) is 35.8 Å². The first kappa shape index (κ1) is 56.7. The number of ketones is 3. The smallest absolute Gasteiger partial charge is 0.306 e. The fraction of sp³-hybridized carbons (Fsp3) is 0.596. The van der Waals surface area contributed by atoms with Crippen molar-refractivity contribution >= 4 is 63.6 Å². The van der Waals surface area contributed by atoms with E-state index in [1.807, 2.05) is 116 Å². The molecule has 1 aromatic heterocycles. The Hall–Kier alpha value is -4.88. The maximum atomic E-state index is 14.6. The van der Waals surface area contributed by atoms with E-state index in [4.69, 9.17) is 9.47 Å². The highest BCUT2D eigenvalue weighted by atomic mass is 127. The quantitative estimate of drug-likeness (QED) is 0.0322. The number of halogens is 1. The molecule has 1 saturated heterocycles. The number of Topliss-reactive ketones (excluding diaryl/α,β-unsaturated/α-hetero) is 3. The number of aryl methyl sites for hydroxylation is 3. The van der Waals surface area contributed by atoms with Crippen LogP contribution in [0.15, 0.2) is 66.9 Å². The molecule has 0 radical (unpaired) electrons. The molecule has 5 atom stereocenters. The van der Waals surface area contributed by atoms with Gasteiger partial charge in [0.25, 0.3) is 0 Å². The minimum Gasteiger partial charge on any atom is -0.450 e. The van der Waals surface area contributed by atoms with Crippen molar-refractivity contribution in [2.75, 3.05) is 43.8 Å². The maximum Gasteiger partial charge on any atom is 0.306 e. The summed E-state index contributed by atoms with van der Waals surface area (Å²) in [4.78, 5) is 98.9. The highest BCUT2D eigenvalue weighted by Crippen LogP contribution is 2.24. The number of alkyl halides is 1. The molecular formula is C52H74IN7O9.